The predicted molar refractivity (Wildman–Crippen MR) is 83.6 cm³/mol. The predicted octanol–water partition coefficient (Wildman–Crippen LogP) is 1.93. The van der Waals surface area contributed by atoms with Crippen LogP contribution in [-0.4, -0.2) is 41.7 Å². The molecule has 1 saturated heterocycles. The van der Waals surface area contributed by atoms with Gasteiger partial charge in [-0.3, -0.25) is 4.90 Å². The van der Waals surface area contributed by atoms with Crippen LogP contribution in [-0.2, 0) is 16.7 Å². The molecule has 1 fully saturated rings. The highest BCUT2D eigenvalue weighted by atomic mass is 16.5. The molecule has 0 spiro atoms. The van der Waals surface area contributed by atoms with Crippen LogP contribution < -0.4 is 5.73 Å². The maximum absolute atomic E-state index is 8.73. The van der Waals surface area contributed by atoms with Crippen LogP contribution >= 0.6 is 0 Å². The van der Waals surface area contributed by atoms with Gasteiger partial charge < -0.3 is 15.7 Å². The SMILES string of the molecule is CC(C)(C)c1ccc(CN2CCOC(C(N)=NO)C2)cc1. The first-order valence-corrected chi connectivity index (χ1v) is 7.31. The molecule has 0 bridgehead atoms. The molecule has 0 aromatic heterocycles. The Morgan fingerprint density at radius 1 is 1.38 bits per heavy atom. The van der Waals surface area contributed by atoms with E-state index in [1.165, 1.54) is 11.1 Å². The molecule has 1 aliphatic rings. The fraction of sp³-hybridized carbons (Fsp3) is 0.562. The van der Waals surface area contributed by atoms with Crippen molar-refractivity contribution in [2.75, 3.05) is 19.7 Å². The van der Waals surface area contributed by atoms with Crippen molar-refractivity contribution in [2.24, 2.45) is 10.9 Å². The number of ether oxygens (including phenoxy) is 1. The van der Waals surface area contributed by atoms with Crippen LogP contribution in [0.4, 0.5) is 0 Å². The highest BCUT2D eigenvalue weighted by Crippen LogP contribution is 2.22. The minimum Gasteiger partial charge on any atom is -0.409 e. The zero-order valence-corrected chi connectivity index (χ0v) is 13.0. The Morgan fingerprint density at radius 2 is 2.05 bits per heavy atom. The van der Waals surface area contributed by atoms with Gasteiger partial charge in [0.25, 0.3) is 0 Å². The molecule has 5 nitrogen and oxygen atoms in total. The molecule has 1 aromatic rings. The number of benzene rings is 1. The summed E-state index contributed by atoms with van der Waals surface area (Å²) in [6.07, 6.45) is -0.322. The zero-order chi connectivity index (χ0) is 15.5. The standard InChI is InChI=1S/C16H25N3O2/c1-16(2,3)13-6-4-12(5-7-13)10-19-8-9-21-14(11-19)15(17)18-20/h4-7,14,20H,8-11H2,1-3H3,(H2,17,18). The lowest BCUT2D eigenvalue weighted by molar-refractivity contribution is 0.00141. The fourth-order valence-corrected chi connectivity index (χ4v) is 2.46. The van der Waals surface area contributed by atoms with Crippen LogP contribution in [0.3, 0.4) is 0 Å². The number of nitrogens with two attached hydrogens (primary N) is 1. The van der Waals surface area contributed by atoms with Gasteiger partial charge in [0.15, 0.2) is 5.84 Å². The molecule has 0 aliphatic carbocycles. The van der Waals surface area contributed by atoms with Gasteiger partial charge in [-0.25, -0.2) is 0 Å². The van der Waals surface area contributed by atoms with Crippen molar-refractivity contribution in [3.8, 4) is 0 Å². The van der Waals surface area contributed by atoms with Crippen molar-refractivity contribution in [1.29, 1.82) is 0 Å². The molecule has 5 heteroatoms. The van der Waals surface area contributed by atoms with Gasteiger partial charge in [0.05, 0.1) is 6.61 Å². The van der Waals surface area contributed by atoms with Crippen molar-refractivity contribution in [3.63, 3.8) is 0 Å². The first kappa shape index (κ1) is 15.8. The second-order valence-corrected chi connectivity index (χ2v) is 6.57. The Morgan fingerprint density at radius 3 is 2.62 bits per heavy atom. The van der Waals surface area contributed by atoms with Crippen LogP contribution in [0.5, 0.6) is 0 Å². The number of morpholine rings is 1. The van der Waals surface area contributed by atoms with Gasteiger partial charge in [-0.05, 0) is 16.5 Å². The summed E-state index contributed by atoms with van der Waals surface area (Å²) in [5.41, 5.74) is 8.40. The molecule has 1 aliphatic heterocycles. The van der Waals surface area contributed by atoms with E-state index in [9.17, 15) is 0 Å². The maximum Gasteiger partial charge on any atom is 0.169 e. The van der Waals surface area contributed by atoms with Gasteiger partial charge >= 0.3 is 0 Å². The third-order valence-corrected chi connectivity index (χ3v) is 3.82. The Hall–Kier alpha value is -1.59. The van der Waals surface area contributed by atoms with E-state index in [2.05, 4.69) is 55.1 Å². The summed E-state index contributed by atoms with van der Waals surface area (Å²) in [6, 6.07) is 8.73. The van der Waals surface area contributed by atoms with Crippen LogP contribution in [0.2, 0.25) is 0 Å². The molecule has 0 radical (unpaired) electrons. The topological polar surface area (TPSA) is 71.1 Å². The van der Waals surface area contributed by atoms with Crippen molar-refractivity contribution in [1.82, 2.24) is 4.90 Å². The quantitative estimate of drug-likeness (QED) is 0.386. The number of hydrogen-bond donors (Lipinski definition) is 2. The first-order chi connectivity index (χ1) is 9.90. The molecular formula is C16H25N3O2. The Kier molecular flexibility index (Phi) is 4.85. The van der Waals surface area contributed by atoms with Gasteiger partial charge in [0, 0.05) is 19.6 Å². The van der Waals surface area contributed by atoms with Crippen molar-refractivity contribution < 1.29 is 9.94 Å². The van der Waals surface area contributed by atoms with Crippen molar-refractivity contribution in [3.05, 3.63) is 35.4 Å². The molecular weight excluding hydrogens is 266 g/mol. The Balaban J connectivity index is 1.98. The maximum atomic E-state index is 8.73. The summed E-state index contributed by atoms with van der Waals surface area (Å²) < 4.78 is 5.50. The average Bonchev–Trinajstić information content (AvgIpc) is 2.46. The van der Waals surface area contributed by atoms with Crippen molar-refractivity contribution >= 4 is 5.84 Å². The fourth-order valence-electron chi connectivity index (χ4n) is 2.46. The van der Waals surface area contributed by atoms with Gasteiger partial charge in [-0.2, -0.15) is 0 Å². The molecule has 1 aromatic carbocycles. The first-order valence-electron chi connectivity index (χ1n) is 7.31. The summed E-state index contributed by atoms with van der Waals surface area (Å²) in [6.45, 7) is 9.60. The van der Waals surface area contributed by atoms with E-state index in [-0.39, 0.29) is 17.4 Å². The van der Waals surface area contributed by atoms with E-state index in [0.29, 0.717) is 13.2 Å². The van der Waals surface area contributed by atoms with E-state index in [1.807, 2.05) is 0 Å². The second-order valence-electron chi connectivity index (χ2n) is 6.57. The van der Waals surface area contributed by atoms with E-state index in [0.717, 1.165) is 13.1 Å². The van der Waals surface area contributed by atoms with E-state index < -0.39 is 0 Å². The molecule has 0 saturated carbocycles. The minimum absolute atomic E-state index is 0.141. The highest BCUT2D eigenvalue weighted by molar-refractivity contribution is 5.84. The highest BCUT2D eigenvalue weighted by Gasteiger charge is 2.24. The van der Waals surface area contributed by atoms with E-state index in [1.54, 1.807) is 0 Å². The smallest absolute Gasteiger partial charge is 0.169 e. The van der Waals surface area contributed by atoms with E-state index in [4.69, 9.17) is 15.7 Å². The average molecular weight is 291 g/mol. The lowest BCUT2D eigenvalue weighted by Gasteiger charge is -2.32. The summed E-state index contributed by atoms with van der Waals surface area (Å²) in [5, 5.41) is 11.8. The Bertz CT molecular complexity index is 491. The monoisotopic (exact) mass is 291 g/mol. The Labute approximate surface area is 126 Å². The number of oxime groups is 1. The third kappa shape index (κ3) is 4.19. The molecule has 1 heterocycles. The van der Waals surface area contributed by atoms with Crippen LogP contribution in [0.15, 0.2) is 29.4 Å². The van der Waals surface area contributed by atoms with Crippen LogP contribution in [0.1, 0.15) is 31.9 Å². The third-order valence-electron chi connectivity index (χ3n) is 3.82. The lowest BCUT2D eigenvalue weighted by atomic mass is 9.87. The summed E-state index contributed by atoms with van der Waals surface area (Å²) in [5.74, 6) is 0.141. The molecule has 1 unspecified atom stereocenters. The number of hydrogen-bond acceptors (Lipinski definition) is 4. The molecule has 1 atom stereocenters. The van der Waals surface area contributed by atoms with Gasteiger partial charge in [-0.15, -0.1) is 0 Å². The number of rotatable bonds is 3. The number of nitrogens with zero attached hydrogens (tertiary/aromatic N) is 2. The number of amidine groups is 1. The largest absolute Gasteiger partial charge is 0.409 e. The molecule has 0 amide bonds. The minimum atomic E-state index is -0.322. The van der Waals surface area contributed by atoms with Gasteiger partial charge in [0.2, 0.25) is 0 Å². The lowest BCUT2D eigenvalue weighted by Crippen LogP contribution is -2.48. The van der Waals surface area contributed by atoms with Gasteiger partial charge in [-0.1, -0.05) is 50.2 Å². The van der Waals surface area contributed by atoms with E-state index >= 15 is 0 Å². The molecule has 116 valence electrons. The van der Waals surface area contributed by atoms with Gasteiger partial charge in [0.1, 0.15) is 6.10 Å². The van der Waals surface area contributed by atoms with Crippen LogP contribution in [0.25, 0.3) is 0 Å². The molecule has 3 N–H and O–H groups in total. The second kappa shape index (κ2) is 6.45. The van der Waals surface area contributed by atoms with Crippen molar-refractivity contribution in [2.45, 2.75) is 38.8 Å². The molecule has 2 rings (SSSR count). The zero-order valence-electron chi connectivity index (χ0n) is 13.0. The normalized spacial score (nSPS) is 21.5. The summed E-state index contributed by atoms with van der Waals surface area (Å²) >= 11 is 0. The summed E-state index contributed by atoms with van der Waals surface area (Å²) in [7, 11) is 0. The molecule has 21 heavy (non-hydrogen) atoms. The van der Waals surface area contributed by atoms with Crippen LogP contribution in [0, 0.1) is 0 Å². The summed E-state index contributed by atoms with van der Waals surface area (Å²) in [4.78, 5) is 2.26.